The van der Waals surface area contributed by atoms with Gasteiger partial charge in [-0.2, -0.15) is 4.31 Å². The van der Waals surface area contributed by atoms with E-state index in [1.165, 1.54) is 4.31 Å². The zero-order chi connectivity index (χ0) is 17.7. The summed E-state index contributed by atoms with van der Waals surface area (Å²) in [5, 5.41) is 0. The molecule has 0 N–H and O–H groups in total. The van der Waals surface area contributed by atoms with E-state index < -0.39 is 16.1 Å². The predicted molar refractivity (Wildman–Crippen MR) is 91.2 cm³/mol. The molecule has 2 aliphatic heterocycles. The molecule has 3 unspecified atom stereocenters. The van der Waals surface area contributed by atoms with Crippen molar-refractivity contribution in [1.29, 1.82) is 0 Å². The second kappa shape index (κ2) is 8.60. The molecule has 7 nitrogen and oxygen atoms in total. The summed E-state index contributed by atoms with van der Waals surface area (Å²) in [5.41, 5.74) is 0. The van der Waals surface area contributed by atoms with E-state index in [1.807, 2.05) is 13.8 Å². The number of sulfonamides is 1. The maximum Gasteiger partial charge on any atom is 0.241 e. The van der Waals surface area contributed by atoms with E-state index >= 15 is 0 Å². The fraction of sp³-hybridized carbons (Fsp3) is 0.938. The molecule has 2 rings (SSSR count). The van der Waals surface area contributed by atoms with Gasteiger partial charge < -0.3 is 14.4 Å². The van der Waals surface area contributed by atoms with E-state index in [9.17, 15) is 13.2 Å². The molecule has 0 bridgehead atoms. The Labute approximate surface area is 145 Å². The van der Waals surface area contributed by atoms with Crippen molar-refractivity contribution in [3.8, 4) is 0 Å². The lowest BCUT2D eigenvalue weighted by molar-refractivity contribution is -0.151. The first-order chi connectivity index (χ1) is 11.4. The maximum atomic E-state index is 13.0. The SMILES string of the molecule is CCCCS(=O)(=O)N1CCCC1C(=O)N1CC(C)OC(COC)C1. The molecule has 0 spiro atoms. The molecule has 2 aliphatic rings. The lowest BCUT2D eigenvalue weighted by Gasteiger charge is -2.38. The van der Waals surface area contributed by atoms with Crippen LogP contribution in [0.3, 0.4) is 0 Å². The van der Waals surface area contributed by atoms with Crippen LogP contribution in [0.4, 0.5) is 0 Å². The third-order valence-electron chi connectivity index (χ3n) is 4.59. The van der Waals surface area contributed by atoms with Crippen molar-refractivity contribution in [2.45, 2.75) is 57.8 Å². The number of rotatable bonds is 7. The minimum absolute atomic E-state index is 0.0746. The Morgan fingerprint density at radius 1 is 1.33 bits per heavy atom. The molecule has 0 aromatic heterocycles. The number of morpholine rings is 1. The van der Waals surface area contributed by atoms with Gasteiger partial charge in [0, 0.05) is 26.7 Å². The molecule has 0 radical (unpaired) electrons. The average Bonchev–Trinajstić information content (AvgIpc) is 3.02. The van der Waals surface area contributed by atoms with Crippen LogP contribution in [0.15, 0.2) is 0 Å². The van der Waals surface area contributed by atoms with Crippen molar-refractivity contribution < 1.29 is 22.7 Å². The molecule has 0 saturated carbocycles. The Bertz CT molecular complexity index is 525. The van der Waals surface area contributed by atoms with E-state index in [1.54, 1.807) is 12.0 Å². The van der Waals surface area contributed by atoms with E-state index in [0.29, 0.717) is 39.1 Å². The van der Waals surface area contributed by atoms with Gasteiger partial charge in [-0.25, -0.2) is 8.42 Å². The lowest BCUT2D eigenvalue weighted by atomic mass is 10.1. The number of carbonyl (C=O) groups excluding carboxylic acids is 1. The quantitative estimate of drug-likeness (QED) is 0.671. The summed E-state index contributed by atoms with van der Waals surface area (Å²) in [5.74, 6) is 0.0304. The number of hydrogen-bond donors (Lipinski definition) is 0. The zero-order valence-corrected chi connectivity index (χ0v) is 15.8. The molecule has 1 amide bonds. The normalized spacial score (nSPS) is 29.1. The predicted octanol–water partition coefficient (Wildman–Crippen LogP) is 0.843. The lowest BCUT2D eigenvalue weighted by Crippen LogP contribution is -2.55. The van der Waals surface area contributed by atoms with Crippen molar-refractivity contribution >= 4 is 15.9 Å². The van der Waals surface area contributed by atoms with Gasteiger partial charge in [-0.3, -0.25) is 4.79 Å². The fourth-order valence-electron chi connectivity index (χ4n) is 3.48. The summed E-state index contributed by atoms with van der Waals surface area (Å²) >= 11 is 0. The number of methoxy groups -OCH3 is 1. The molecule has 8 heteroatoms. The van der Waals surface area contributed by atoms with Gasteiger partial charge >= 0.3 is 0 Å². The molecule has 2 fully saturated rings. The third kappa shape index (κ3) is 4.68. The van der Waals surface area contributed by atoms with Crippen LogP contribution in [0.25, 0.3) is 0 Å². The highest BCUT2D eigenvalue weighted by Crippen LogP contribution is 2.25. The first-order valence-electron chi connectivity index (χ1n) is 8.81. The molecule has 24 heavy (non-hydrogen) atoms. The molecule has 2 heterocycles. The van der Waals surface area contributed by atoms with Crippen LogP contribution < -0.4 is 0 Å². The minimum Gasteiger partial charge on any atom is -0.382 e. The van der Waals surface area contributed by atoms with Crippen molar-refractivity contribution in [3.63, 3.8) is 0 Å². The van der Waals surface area contributed by atoms with Gasteiger partial charge in [0.15, 0.2) is 0 Å². The highest BCUT2D eigenvalue weighted by atomic mass is 32.2. The maximum absolute atomic E-state index is 13.0. The Kier molecular flexibility index (Phi) is 7.03. The topological polar surface area (TPSA) is 76.2 Å². The van der Waals surface area contributed by atoms with Gasteiger partial charge in [-0.15, -0.1) is 0 Å². The highest BCUT2D eigenvalue weighted by molar-refractivity contribution is 7.89. The van der Waals surface area contributed by atoms with Crippen LogP contribution in [0.1, 0.15) is 39.5 Å². The van der Waals surface area contributed by atoms with Crippen molar-refractivity contribution in [3.05, 3.63) is 0 Å². The molecule has 3 atom stereocenters. The number of carbonyl (C=O) groups is 1. The third-order valence-corrected chi connectivity index (χ3v) is 6.55. The first kappa shape index (κ1) is 19.6. The van der Waals surface area contributed by atoms with Gasteiger partial charge in [-0.05, 0) is 26.2 Å². The van der Waals surface area contributed by atoms with Gasteiger partial charge in [-0.1, -0.05) is 13.3 Å². The number of nitrogens with zero attached hydrogens (tertiary/aromatic N) is 2. The number of hydrogen-bond acceptors (Lipinski definition) is 5. The number of amides is 1. The Balaban J connectivity index is 2.07. The Morgan fingerprint density at radius 2 is 2.08 bits per heavy atom. The number of ether oxygens (including phenoxy) is 2. The number of unbranched alkanes of at least 4 members (excludes halogenated alkanes) is 1. The first-order valence-corrected chi connectivity index (χ1v) is 10.4. The molecule has 0 aromatic rings. The molecule has 2 saturated heterocycles. The van der Waals surface area contributed by atoms with E-state index in [2.05, 4.69) is 0 Å². The largest absolute Gasteiger partial charge is 0.382 e. The zero-order valence-electron chi connectivity index (χ0n) is 14.9. The molecule has 0 aliphatic carbocycles. The minimum atomic E-state index is -3.36. The van der Waals surface area contributed by atoms with Gasteiger partial charge in [0.2, 0.25) is 15.9 Å². The van der Waals surface area contributed by atoms with E-state index in [4.69, 9.17) is 9.47 Å². The second-order valence-electron chi connectivity index (χ2n) is 6.71. The van der Waals surface area contributed by atoms with Gasteiger partial charge in [0.05, 0.1) is 24.6 Å². The summed E-state index contributed by atoms with van der Waals surface area (Å²) in [6.07, 6.45) is 2.56. The Hall–Kier alpha value is -0.700. The molecule has 0 aromatic carbocycles. The standard InChI is InChI=1S/C16H30N2O5S/c1-4-5-9-24(20,21)18-8-6-7-15(18)16(19)17-10-13(2)23-14(11-17)12-22-3/h13-15H,4-12H2,1-3H3. The summed E-state index contributed by atoms with van der Waals surface area (Å²) in [7, 11) is -1.76. The van der Waals surface area contributed by atoms with Crippen LogP contribution in [-0.2, 0) is 24.3 Å². The smallest absolute Gasteiger partial charge is 0.241 e. The van der Waals surface area contributed by atoms with Gasteiger partial charge in [0.1, 0.15) is 6.04 Å². The molecular weight excluding hydrogens is 332 g/mol. The second-order valence-corrected chi connectivity index (χ2v) is 8.75. The van der Waals surface area contributed by atoms with Crippen LogP contribution in [0.2, 0.25) is 0 Å². The monoisotopic (exact) mass is 362 g/mol. The van der Waals surface area contributed by atoms with E-state index in [-0.39, 0.29) is 23.9 Å². The van der Waals surface area contributed by atoms with Crippen molar-refractivity contribution in [2.24, 2.45) is 0 Å². The Morgan fingerprint density at radius 3 is 2.75 bits per heavy atom. The molecule has 140 valence electrons. The average molecular weight is 362 g/mol. The summed E-state index contributed by atoms with van der Waals surface area (Å²) in [6, 6.07) is -0.555. The molecular formula is C16H30N2O5S. The van der Waals surface area contributed by atoms with Gasteiger partial charge in [0.25, 0.3) is 0 Å². The van der Waals surface area contributed by atoms with Crippen LogP contribution in [0, 0.1) is 0 Å². The van der Waals surface area contributed by atoms with Crippen LogP contribution >= 0.6 is 0 Å². The van der Waals surface area contributed by atoms with Crippen molar-refractivity contribution in [1.82, 2.24) is 9.21 Å². The fourth-order valence-corrected chi connectivity index (χ4v) is 5.36. The summed E-state index contributed by atoms with van der Waals surface area (Å²) in [4.78, 5) is 14.7. The van der Waals surface area contributed by atoms with E-state index in [0.717, 1.165) is 12.8 Å². The van der Waals surface area contributed by atoms with Crippen molar-refractivity contribution in [2.75, 3.05) is 39.1 Å². The van der Waals surface area contributed by atoms with Crippen LogP contribution in [-0.4, -0.2) is 80.9 Å². The van der Waals surface area contributed by atoms with Crippen LogP contribution in [0.5, 0.6) is 0 Å². The summed E-state index contributed by atoms with van der Waals surface area (Å²) in [6.45, 7) is 5.72. The summed E-state index contributed by atoms with van der Waals surface area (Å²) < 4.78 is 37.4. The highest BCUT2D eigenvalue weighted by Gasteiger charge is 2.41.